The molecule has 0 bridgehead atoms. The number of rotatable bonds is 2. The van der Waals surface area contributed by atoms with E-state index >= 15 is 0 Å². The number of nitrogens with zero attached hydrogens (tertiary/aromatic N) is 1. The van der Waals surface area contributed by atoms with Crippen LogP contribution >= 0.6 is 15.9 Å². The van der Waals surface area contributed by atoms with Crippen LogP contribution in [0.2, 0.25) is 0 Å². The van der Waals surface area contributed by atoms with Crippen LogP contribution in [0.5, 0.6) is 0 Å². The zero-order valence-electron chi connectivity index (χ0n) is 7.63. The largest absolute Gasteiger partial charge is 0.321 e. The van der Waals surface area contributed by atoms with Gasteiger partial charge in [-0.05, 0) is 39.9 Å². The van der Waals surface area contributed by atoms with Crippen molar-refractivity contribution in [2.75, 3.05) is 0 Å². The third kappa shape index (κ3) is 1.51. The molecule has 0 aromatic carbocycles. The quantitative estimate of drug-likeness (QED) is 0.863. The Labute approximate surface area is 86.7 Å². The van der Waals surface area contributed by atoms with Gasteiger partial charge < -0.3 is 5.73 Å². The summed E-state index contributed by atoms with van der Waals surface area (Å²) in [5.74, 6) is 0.642. The predicted octanol–water partition coefficient (Wildman–Crippen LogP) is 2.43. The summed E-state index contributed by atoms with van der Waals surface area (Å²) in [7, 11) is 0. The van der Waals surface area contributed by atoms with Crippen molar-refractivity contribution in [3.63, 3.8) is 0 Å². The van der Waals surface area contributed by atoms with Gasteiger partial charge in [0.1, 0.15) is 0 Å². The molecule has 1 saturated carbocycles. The lowest BCUT2D eigenvalue weighted by molar-refractivity contribution is 0.612. The van der Waals surface area contributed by atoms with E-state index in [4.69, 9.17) is 5.73 Å². The average molecular weight is 241 g/mol. The number of halogens is 1. The van der Waals surface area contributed by atoms with Crippen molar-refractivity contribution in [1.82, 2.24) is 4.98 Å². The van der Waals surface area contributed by atoms with Crippen molar-refractivity contribution < 1.29 is 0 Å². The molecule has 0 spiro atoms. The standard InChI is InChI=1S/C10H13BrN2/c1-2-7-4-10(7,12)8-3-9(11)6-13-5-8/h3,5-7H,2,4,12H2,1H3. The van der Waals surface area contributed by atoms with Crippen LogP contribution in [0.25, 0.3) is 0 Å². The molecule has 1 aliphatic carbocycles. The van der Waals surface area contributed by atoms with Crippen molar-refractivity contribution in [1.29, 1.82) is 0 Å². The van der Waals surface area contributed by atoms with Crippen molar-refractivity contribution in [2.45, 2.75) is 25.3 Å². The van der Waals surface area contributed by atoms with Crippen LogP contribution in [0, 0.1) is 5.92 Å². The molecule has 1 heterocycles. The lowest BCUT2D eigenvalue weighted by Gasteiger charge is -2.10. The highest BCUT2D eigenvalue weighted by molar-refractivity contribution is 9.10. The minimum Gasteiger partial charge on any atom is -0.321 e. The Morgan fingerprint density at radius 2 is 2.46 bits per heavy atom. The molecule has 13 heavy (non-hydrogen) atoms. The van der Waals surface area contributed by atoms with Gasteiger partial charge in [-0.1, -0.05) is 13.3 Å². The van der Waals surface area contributed by atoms with E-state index in [0.29, 0.717) is 5.92 Å². The normalized spacial score (nSPS) is 31.8. The highest BCUT2D eigenvalue weighted by Crippen LogP contribution is 2.51. The lowest BCUT2D eigenvalue weighted by atomic mass is 10.1. The Hall–Kier alpha value is -0.410. The summed E-state index contributed by atoms with van der Waals surface area (Å²) >= 11 is 3.41. The molecule has 70 valence electrons. The third-order valence-electron chi connectivity index (χ3n) is 2.89. The first-order valence-corrected chi connectivity index (χ1v) is 5.36. The van der Waals surface area contributed by atoms with Gasteiger partial charge in [-0.25, -0.2) is 0 Å². The van der Waals surface area contributed by atoms with Crippen LogP contribution < -0.4 is 5.73 Å². The molecule has 0 aliphatic heterocycles. The van der Waals surface area contributed by atoms with Gasteiger partial charge in [0.25, 0.3) is 0 Å². The summed E-state index contributed by atoms with van der Waals surface area (Å²) < 4.78 is 1.01. The molecule has 0 amide bonds. The number of nitrogens with two attached hydrogens (primary N) is 1. The molecular formula is C10H13BrN2. The van der Waals surface area contributed by atoms with Crippen LogP contribution in [0.1, 0.15) is 25.3 Å². The average Bonchev–Trinajstić information content (AvgIpc) is 2.79. The number of hydrogen-bond acceptors (Lipinski definition) is 2. The molecule has 2 atom stereocenters. The minimum atomic E-state index is -0.0917. The molecule has 0 saturated heterocycles. The number of aromatic nitrogens is 1. The molecule has 2 nitrogen and oxygen atoms in total. The lowest BCUT2D eigenvalue weighted by Crippen LogP contribution is -2.22. The Bertz CT molecular complexity index is 326. The van der Waals surface area contributed by atoms with Crippen molar-refractivity contribution in [3.05, 3.63) is 28.5 Å². The molecule has 1 aromatic heterocycles. The molecule has 2 unspecified atom stereocenters. The van der Waals surface area contributed by atoms with Gasteiger partial charge in [-0.15, -0.1) is 0 Å². The zero-order valence-corrected chi connectivity index (χ0v) is 9.21. The van der Waals surface area contributed by atoms with Crippen LogP contribution in [0.3, 0.4) is 0 Å². The van der Waals surface area contributed by atoms with E-state index in [1.807, 2.05) is 6.20 Å². The molecule has 1 fully saturated rings. The Balaban J connectivity index is 2.27. The number of pyridine rings is 1. The van der Waals surface area contributed by atoms with E-state index in [-0.39, 0.29) is 5.54 Å². The first-order chi connectivity index (χ1) is 6.16. The molecule has 2 N–H and O–H groups in total. The molecular weight excluding hydrogens is 228 g/mol. The Morgan fingerprint density at radius 3 is 3.00 bits per heavy atom. The van der Waals surface area contributed by atoms with Gasteiger partial charge in [-0.2, -0.15) is 0 Å². The maximum absolute atomic E-state index is 6.23. The predicted molar refractivity (Wildman–Crippen MR) is 56.2 cm³/mol. The van der Waals surface area contributed by atoms with Crippen LogP contribution in [0.15, 0.2) is 22.9 Å². The fourth-order valence-electron chi connectivity index (χ4n) is 1.88. The molecule has 1 aromatic rings. The van der Waals surface area contributed by atoms with Crippen LogP contribution in [0.4, 0.5) is 0 Å². The second-order valence-corrected chi connectivity index (χ2v) is 4.66. The first kappa shape index (κ1) is 9.16. The topological polar surface area (TPSA) is 38.9 Å². The maximum Gasteiger partial charge on any atom is 0.0458 e. The Morgan fingerprint density at radius 1 is 1.69 bits per heavy atom. The fourth-order valence-corrected chi connectivity index (χ4v) is 2.24. The number of hydrogen-bond donors (Lipinski definition) is 1. The summed E-state index contributed by atoms with van der Waals surface area (Å²) in [4.78, 5) is 4.13. The summed E-state index contributed by atoms with van der Waals surface area (Å²) in [6.45, 7) is 2.19. The van der Waals surface area contributed by atoms with Crippen molar-refractivity contribution in [3.8, 4) is 0 Å². The van der Waals surface area contributed by atoms with E-state index in [1.165, 1.54) is 0 Å². The highest BCUT2D eigenvalue weighted by atomic mass is 79.9. The second-order valence-electron chi connectivity index (χ2n) is 3.74. The second kappa shape index (κ2) is 3.07. The summed E-state index contributed by atoms with van der Waals surface area (Å²) in [6, 6.07) is 2.07. The van der Waals surface area contributed by atoms with Gasteiger partial charge in [0, 0.05) is 22.4 Å². The summed E-state index contributed by atoms with van der Waals surface area (Å²) in [6.07, 6.45) is 5.92. The van der Waals surface area contributed by atoms with Gasteiger partial charge in [0.15, 0.2) is 0 Å². The first-order valence-electron chi connectivity index (χ1n) is 4.56. The summed E-state index contributed by atoms with van der Waals surface area (Å²) in [5, 5.41) is 0. The maximum atomic E-state index is 6.23. The monoisotopic (exact) mass is 240 g/mol. The molecule has 0 radical (unpaired) electrons. The Kier molecular flexibility index (Phi) is 2.16. The summed E-state index contributed by atoms with van der Waals surface area (Å²) in [5.41, 5.74) is 7.30. The van der Waals surface area contributed by atoms with E-state index in [9.17, 15) is 0 Å². The fraction of sp³-hybridized carbons (Fsp3) is 0.500. The van der Waals surface area contributed by atoms with E-state index in [2.05, 4.69) is 33.9 Å². The van der Waals surface area contributed by atoms with Crippen LogP contribution in [-0.4, -0.2) is 4.98 Å². The van der Waals surface area contributed by atoms with Crippen molar-refractivity contribution >= 4 is 15.9 Å². The van der Waals surface area contributed by atoms with E-state index in [0.717, 1.165) is 22.9 Å². The van der Waals surface area contributed by atoms with E-state index in [1.54, 1.807) is 6.20 Å². The van der Waals surface area contributed by atoms with Gasteiger partial charge in [0.05, 0.1) is 0 Å². The molecule has 2 rings (SSSR count). The van der Waals surface area contributed by atoms with Gasteiger partial charge in [-0.3, -0.25) is 4.98 Å². The molecule has 1 aliphatic rings. The zero-order chi connectivity index (χ0) is 9.47. The smallest absolute Gasteiger partial charge is 0.0458 e. The van der Waals surface area contributed by atoms with Gasteiger partial charge >= 0.3 is 0 Å². The van der Waals surface area contributed by atoms with Gasteiger partial charge in [0.2, 0.25) is 0 Å². The molecule has 3 heteroatoms. The SMILES string of the molecule is CCC1CC1(N)c1cncc(Br)c1. The van der Waals surface area contributed by atoms with E-state index < -0.39 is 0 Å². The van der Waals surface area contributed by atoms with Crippen LogP contribution in [-0.2, 0) is 5.54 Å². The highest BCUT2D eigenvalue weighted by Gasteiger charge is 2.50. The van der Waals surface area contributed by atoms with Crippen molar-refractivity contribution in [2.24, 2.45) is 11.7 Å². The minimum absolute atomic E-state index is 0.0917. The third-order valence-corrected chi connectivity index (χ3v) is 3.32.